The molecule has 0 aliphatic rings. The van der Waals surface area contributed by atoms with Gasteiger partial charge in [0.05, 0.1) is 4.47 Å². The van der Waals surface area contributed by atoms with Crippen molar-refractivity contribution in [1.82, 2.24) is 10.2 Å². The predicted octanol–water partition coefficient (Wildman–Crippen LogP) is 5.51. The molecule has 3 aromatic carbocycles. The van der Waals surface area contributed by atoms with Gasteiger partial charge >= 0.3 is 0 Å². The van der Waals surface area contributed by atoms with Gasteiger partial charge in [0, 0.05) is 20.0 Å². The molecule has 0 heterocycles. The van der Waals surface area contributed by atoms with E-state index in [0.717, 1.165) is 21.2 Å². The minimum Gasteiger partial charge on any atom is -0.483 e. The SMILES string of the molecule is CNC(=O)C(Cc1ccccc1)N(Cc1ccccc1)C(=O)COc1ccc(C(C)(C)C)cc1Br. The molecule has 1 atom stereocenters. The molecule has 0 bridgehead atoms. The first-order chi connectivity index (χ1) is 16.7. The maximum atomic E-state index is 13.5. The summed E-state index contributed by atoms with van der Waals surface area (Å²) in [5, 5.41) is 2.73. The number of benzene rings is 3. The molecule has 3 rings (SSSR count). The van der Waals surface area contributed by atoms with Crippen LogP contribution in [-0.4, -0.2) is 36.4 Å². The van der Waals surface area contributed by atoms with Gasteiger partial charge in [-0.05, 0) is 50.2 Å². The smallest absolute Gasteiger partial charge is 0.261 e. The largest absolute Gasteiger partial charge is 0.483 e. The zero-order chi connectivity index (χ0) is 25.4. The zero-order valence-corrected chi connectivity index (χ0v) is 22.3. The summed E-state index contributed by atoms with van der Waals surface area (Å²) in [6, 6.07) is 24.6. The molecular formula is C29H33BrN2O3. The Bertz CT molecular complexity index is 1130. The Kier molecular flexibility index (Phi) is 9.10. The van der Waals surface area contributed by atoms with Crippen LogP contribution in [0, 0.1) is 0 Å². The number of nitrogens with one attached hydrogen (secondary N) is 1. The Morgan fingerprint density at radius 2 is 1.54 bits per heavy atom. The van der Waals surface area contributed by atoms with Gasteiger partial charge in [-0.15, -0.1) is 0 Å². The fourth-order valence-electron chi connectivity index (χ4n) is 3.81. The van der Waals surface area contributed by atoms with Gasteiger partial charge in [-0.3, -0.25) is 9.59 Å². The quantitative estimate of drug-likeness (QED) is 0.392. The monoisotopic (exact) mass is 536 g/mol. The lowest BCUT2D eigenvalue weighted by molar-refractivity contribution is -0.142. The van der Waals surface area contributed by atoms with Crippen molar-refractivity contribution >= 4 is 27.7 Å². The fourth-order valence-corrected chi connectivity index (χ4v) is 4.30. The van der Waals surface area contributed by atoms with E-state index < -0.39 is 6.04 Å². The number of carbonyl (C=O) groups is 2. The number of hydrogen-bond donors (Lipinski definition) is 1. The molecular weight excluding hydrogens is 504 g/mol. The summed E-state index contributed by atoms with van der Waals surface area (Å²) in [6.07, 6.45) is 0.406. The standard InChI is InChI=1S/C29H33BrN2O3/c1-29(2,3)23-15-16-26(24(30)18-23)35-20-27(33)32(19-22-13-9-6-10-14-22)25(28(34)31-4)17-21-11-7-5-8-12-21/h5-16,18,25H,17,19-20H2,1-4H3,(H,31,34). The third-order valence-corrected chi connectivity index (χ3v) is 6.48. The average Bonchev–Trinajstić information content (AvgIpc) is 2.85. The van der Waals surface area contributed by atoms with Crippen LogP contribution in [0.2, 0.25) is 0 Å². The molecule has 0 saturated carbocycles. The zero-order valence-electron chi connectivity index (χ0n) is 20.8. The predicted molar refractivity (Wildman–Crippen MR) is 143 cm³/mol. The first kappa shape index (κ1) is 26.5. The summed E-state index contributed by atoms with van der Waals surface area (Å²) in [5.74, 6) is 0.115. The molecule has 0 aliphatic carbocycles. The first-order valence-electron chi connectivity index (χ1n) is 11.7. The van der Waals surface area contributed by atoms with Crippen molar-refractivity contribution in [3.8, 4) is 5.75 Å². The van der Waals surface area contributed by atoms with E-state index in [1.807, 2.05) is 78.9 Å². The van der Waals surface area contributed by atoms with Gasteiger partial charge in [0.25, 0.3) is 5.91 Å². The molecule has 0 spiro atoms. The second-order valence-electron chi connectivity index (χ2n) is 9.51. The highest BCUT2D eigenvalue weighted by Gasteiger charge is 2.30. The van der Waals surface area contributed by atoms with Crippen LogP contribution in [0.3, 0.4) is 0 Å². The minimum absolute atomic E-state index is 0.00151. The van der Waals surface area contributed by atoms with Crippen molar-refractivity contribution in [2.24, 2.45) is 0 Å². The van der Waals surface area contributed by atoms with Gasteiger partial charge in [0.15, 0.2) is 6.61 Å². The summed E-state index contributed by atoms with van der Waals surface area (Å²) < 4.78 is 6.72. The Balaban J connectivity index is 1.85. The second-order valence-corrected chi connectivity index (χ2v) is 10.4. The molecule has 35 heavy (non-hydrogen) atoms. The van der Waals surface area contributed by atoms with Crippen LogP contribution in [0.25, 0.3) is 0 Å². The molecule has 0 radical (unpaired) electrons. The molecule has 1 N–H and O–H groups in total. The normalized spacial score (nSPS) is 12.0. The van der Waals surface area contributed by atoms with E-state index in [0.29, 0.717) is 18.7 Å². The lowest BCUT2D eigenvalue weighted by Gasteiger charge is -2.31. The minimum atomic E-state index is -0.676. The van der Waals surface area contributed by atoms with Crippen LogP contribution >= 0.6 is 15.9 Å². The van der Waals surface area contributed by atoms with Crippen molar-refractivity contribution in [1.29, 1.82) is 0 Å². The summed E-state index contributed by atoms with van der Waals surface area (Å²) in [6.45, 7) is 6.56. The number of nitrogens with zero attached hydrogens (tertiary/aromatic N) is 1. The number of halogens is 1. The van der Waals surface area contributed by atoms with E-state index in [-0.39, 0.29) is 23.8 Å². The van der Waals surface area contributed by atoms with Gasteiger partial charge in [-0.1, -0.05) is 87.5 Å². The molecule has 0 aromatic heterocycles. The van der Waals surface area contributed by atoms with Crippen LogP contribution < -0.4 is 10.1 Å². The number of amides is 2. The molecule has 6 heteroatoms. The Hall–Kier alpha value is -3.12. The number of likely N-dealkylation sites (N-methyl/N-ethyl adjacent to an activating group) is 1. The van der Waals surface area contributed by atoms with Crippen molar-refractivity contribution in [2.45, 2.75) is 45.2 Å². The van der Waals surface area contributed by atoms with Crippen molar-refractivity contribution < 1.29 is 14.3 Å². The summed E-state index contributed by atoms with van der Waals surface area (Å²) >= 11 is 3.57. The molecule has 1 unspecified atom stereocenters. The van der Waals surface area contributed by atoms with E-state index in [1.54, 1.807) is 11.9 Å². The van der Waals surface area contributed by atoms with Gasteiger partial charge < -0.3 is 15.0 Å². The van der Waals surface area contributed by atoms with Crippen LogP contribution in [0.5, 0.6) is 5.75 Å². The van der Waals surface area contributed by atoms with Crippen molar-refractivity contribution in [3.05, 3.63) is 100 Å². The maximum Gasteiger partial charge on any atom is 0.261 e. The van der Waals surface area contributed by atoms with Gasteiger partial charge in [0.1, 0.15) is 11.8 Å². The van der Waals surface area contributed by atoms with Crippen molar-refractivity contribution in [2.75, 3.05) is 13.7 Å². The van der Waals surface area contributed by atoms with Crippen molar-refractivity contribution in [3.63, 3.8) is 0 Å². The molecule has 0 saturated heterocycles. The van der Waals surface area contributed by atoms with E-state index in [1.165, 1.54) is 0 Å². The maximum absolute atomic E-state index is 13.5. The van der Waals surface area contributed by atoms with Gasteiger partial charge in [-0.2, -0.15) is 0 Å². The van der Waals surface area contributed by atoms with Crippen LogP contribution in [0.4, 0.5) is 0 Å². The average molecular weight is 537 g/mol. The molecule has 5 nitrogen and oxygen atoms in total. The highest BCUT2D eigenvalue weighted by atomic mass is 79.9. The molecule has 3 aromatic rings. The first-order valence-corrected chi connectivity index (χ1v) is 12.5. The summed E-state index contributed by atoms with van der Waals surface area (Å²) in [5.41, 5.74) is 3.09. The molecule has 0 aliphatic heterocycles. The topological polar surface area (TPSA) is 58.6 Å². The number of hydrogen-bond acceptors (Lipinski definition) is 3. The van der Waals surface area contributed by atoms with Gasteiger partial charge in [0.2, 0.25) is 5.91 Å². The summed E-state index contributed by atoms with van der Waals surface area (Å²) in [4.78, 5) is 28.1. The second kappa shape index (κ2) is 12.0. The van der Waals surface area contributed by atoms with Crippen LogP contribution in [0.15, 0.2) is 83.3 Å². The Labute approximate surface area is 216 Å². The third-order valence-electron chi connectivity index (χ3n) is 5.86. The van der Waals surface area contributed by atoms with E-state index in [9.17, 15) is 9.59 Å². The number of carbonyl (C=O) groups excluding carboxylic acids is 2. The Morgan fingerprint density at radius 3 is 2.09 bits per heavy atom. The molecule has 2 amide bonds. The molecule has 0 fully saturated rings. The van der Waals surface area contributed by atoms with Crippen LogP contribution in [-0.2, 0) is 28.0 Å². The van der Waals surface area contributed by atoms with E-state index in [2.05, 4.69) is 42.0 Å². The Morgan fingerprint density at radius 1 is 0.943 bits per heavy atom. The number of ether oxygens (including phenoxy) is 1. The molecule has 184 valence electrons. The van der Waals surface area contributed by atoms with E-state index >= 15 is 0 Å². The van der Waals surface area contributed by atoms with Crippen LogP contribution in [0.1, 0.15) is 37.5 Å². The van der Waals surface area contributed by atoms with Gasteiger partial charge in [-0.25, -0.2) is 0 Å². The lowest BCUT2D eigenvalue weighted by Crippen LogP contribution is -2.51. The number of rotatable bonds is 9. The third kappa shape index (κ3) is 7.43. The highest BCUT2D eigenvalue weighted by Crippen LogP contribution is 2.31. The summed E-state index contributed by atoms with van der Waals surface area (Å²) in [7, 11) is 1.59. The highest BCUT2D eigenvalue weighted by molar-refractivity contribution is 9.10. The fraction of sp³-hybridized carbons (Fsp3) is 0.310. The van der Waals surface area contributed by atoms with E-state index in [4.69, 9.17) is 4.74 Å². The lowest BCUT2D eigenvalue weighted by atomic mass is 9.87.